The third kappa shape index (κ3) is 3.19. The minimum absolute atomic E-state index is 0.185. The second-order valence-electron chi connectivity index (χ2n) is 4.18. The Bertz CT molecular complexity index is 421. The number of aromatic nitrogens is 1. The van der Waals surface area contributed by atoms with Crippen LogP contribution in [0.5, 0.6) is 0 Å². The van der Waals surface area contributed by atoms with Gasteiger partial charge in [-0.1, -0.05) is 0 Å². The molecule has 1 saturated heterocycles. The van der Waals surface area contributed by atoms with Crippen LogP contribution in [0.15, 0.2) is 11.6 Å². The number of carbonyl (C=O) groups excluding carboxylic acids is 1. The summed E-state index contributed by atoms with van der Waals surface area (Å²) in [5.74, 6) is -1.25. The van der Waals surface area contributed by atoms with Gasteiger partial charge in [0.05, 0.1) is 10.9 Å². The van der Waals surface area contributed by atoms with Crippen molar-refractivity contribution < 1.29 is 14.7 Å². The van der Waals surface area contributed by atoms with Crippen LogP contribution in [0.1, 0.15) is 11.4 Å². The van der Waals surface area contributed by atoms with Crippen LogP contribution in [-0.2, 0) is 11.2 Å². The fourth-order valence-corrected chi connectivity index (χ4v) is 2.53. The van der Waals surface area contributed by atoms with Crippen molar-refractivity contribution in [2.24, 2.45) is 5.92 Å². The van der Waals surface area contributed by atoms with E-state index in [2.05, 4.69) is 10.3 Å². The zero-order valence-electron chi connectivity index (χ0n) is 9.83. The fraction of sp³-hybridized carbons (Fsp3) is 0.545. The Labute approximate surface area is 109 Å². The third-order valence-corrected chi connectivity index (χ3v) is 3.76. The zero-order valence-corrected chi connectivity index (χ0v) is 10.7. The molecule has 0 spiro atoms. The number of hydrogen-bond donors (Lipinski definition) is 2. The van der Waals surface area contributed by atoms with Gasteiger partial charge in [0.15, 0.2) is 0 Å². The molecule has 1 aliphatic heterocycles. The van der Waals surface area contributed by atoms with E-state index in [1.54, 1.807) is 22.4 Å². The Balaban J connectivity index is 1.71. The minimum Gasteiger partial charge on any atom is -0.481 e. The molecule has 1 aliphatic rings. The summed E-state index contributed by atoms with van der Waals surface area (Å²) in [5.41, 5.74) is 0. The first-order valence-corrected chi connectivity index (χ1v) is 6.68. The molecule has 1 fully saturated rings. The van der Waals surface area contributed by atoms with Crippen molar-refractivity contribution in [2.45, 2.75) is 12.8 Å². The Morgan fingerprint density at radius 1 is 1.61 bits per heavy atom. The summed E-state index contributed by atoms with van der Waals surface area (Å²) in [4.78, 5) is 28.2. The number of nitrogens with zero attached hydrogens (tertiary/aromatic N) is 2. The van der Waals surface area contributed by atoms with Crippen molar-refractivity contribution in [1.82, 2.24) is 15.2 Å². The smallest absolute Gasteiger partial charge is 0.317 e. The summed E-state index contributed by atoms with van der Waals surface area (Å²) >= 11 is 1.56. The molecule has 6 nitrogen and oxygen atoms in total. The topological polar surface area (TPSA) is 82.5 Å². The molecule has 1 atom stereocenters. The molecule has 2 N–H and O–H groups in total. The molecule has 0 aromatic carbocycles. The van der Waals surface area contributed by atoms with Crippen LogP contribution in [0.3, 0.4) is 0 Å². The van der Waals surface area contributed by atoms with E-state index in [4.69, 9.17) is 5.11 Å². The Hall–Kier alpha value is -1.63. The average Bonchev–Trinajstić information content (AvgIpc) is 2.99. The summed E-state index contributed by atoms with van der Waals surface area (Å²) in [6.45, 7) is 1.35. The van der Waals surface area contributed by atoms with E-state index in [1.807, 2.05) is 5.38 Å². The molecule has 98 valence electrons. The highest BCUT2D eigenvalue weighted by Crippen LogP contribution is 2.16. The van der Waals surface area contributed by atoms with Gasteiger partial charge in [-0.2, -0.15) is 0 Å². The maximum Gasteiger partial charge on any atom is 0.317 e. The molecule has 2 rings (SSSR count). The lowest BCUT2D eigenvalue weighted by atomic mass is 10.1. The van der Waals surface area contributed by atoms with Crippen LogP contribution in [0.25, 0.3) is 0 Å². The van der Waals surface area contributed by atoms with Crippen molar-refractivity contribution in [2.75, 3.05) is 19.6 Å². The minimum atomic E-state index is -0.826. The van der Waals surface area contributed by atoms with E-state index in [9.17, 15) is 9.59 Å². The molecule has 0 bridgehead atoms. The number of thiazole rings is 1. The summed E-state index contributed by atoms with van der Waals surface area (Å²) in [6.07, 6.45) is 2.98. The highest BCUT2D eigenvalue weighted by atomic mass is 32.1. The van der Waals surface area contributed by atoms with E-state index in [1.165, 1.54) is 0 Å². The van der Waals surface area contributed by atoms with Gasteiger partial charge in [-0.3, -0.25) is 4.79 Å². The van der Waals surface area contributed by atoms with Crippen molar-refractivity contribution in [3.05, 3.63) is 16.6 Å². The summed E-state index contributed by atoms with van der Waals surface area (Å²) in [7, 11) is 0. The molecule has 1 unspecified atom stereocenters. The van der Waals surface area contributed by atoms with E-state index in [-0.39, 0.29) is 6.03 Å². The van der Waals surface area contributed by atoms with E-state index in [0.717, 1.165) is 5.01 Å². The maximum absolute atomic E-state index is 11.7. The summed E-state index contributed by atoms with van der Waals surface area (Å²) in [5, 5.41) is 14.5. The maximum atomic E-state index is 11.7. The van der Waals surface area contributed by atoms with Gasteiger partial charge in [-0.15, -0.1) is 11.3 Å². The van der Waals surface area contributed by atoms with E-state index < -0.39 is 11.9 Å². The first-order chi connectivity index (χ1) is 8.66. The Morgan fingerprint density at radius 3 is 3.06 bits per heavy atom. The predicted molar refractivity (Wildman–Crippen MR) is 66.5 cm³/mol. The molecule has 0 aliphatic carbocycles. The molecule has 18 heavy (non-hydrogen) atoms. The summed E-state index contributed by atoms with van der Waals surface area (Å²) in [6, 6.07) is -0.185. The highest BCUT2D eigenvalue weighted by molar-refractivity contribution is 7.09. The van der Waals surface area contributed by atoms with Crippen molar-refractivity contribution >= 4 is 23.3 Å². The van der Waals surface area contributed by atoms with Gasteiger partial charge in [-0.05, 0) is 6.42 Å². The molecule has 7 heteroatoms. The first-order valence-electron chi connectivity index (χ1n) is 5.81. The molecule has 2 amide bonds. The number of rotatable bonds is 4. The summed E-state index contributed by atoms with van der Waals surface area (Å²) < 4.78 is 0. The SMILES string of the molecule is O=C(O)C1CCN(C(=O)NCCc2nccs2)C1. The quantitative estimate of drug-likeness (QED) is 0.847. The van der Waals surface area contributed by atoms with E-state index in [0.29, 0.717) is 32.5 Å². The number of likely N-dealkylation sites (tertiary alicyclic amines) is 1. The monoisotopic (exact) mass is 269 g/mol. The second kappa shape index (κ2) is 5.81. The molecular weight excluding hydrogens is 254 g/mol. The van der Waals surface area contributed by atoms with Gasteiger partial charge in [0.2, 0.25) is 0 Å². The van der Waals surface area contributed by atoms with Crippen LogP contribution in [-0.4, -0.2) is 46.6 Å². The van der Waals surface area contributed by atoms with Crippen molar-refractivity contribution in [1.29, 1.82) is 0 Å². The van der Waals surface area contributed by atoms with Gasteiger partial charge in [0, 0.05) is 37.6 Å². The van der Waals surface area contributed by atoms with Gasteiger partial charge < -0.3 is 15.3 Å². The number of nitrogens with one attached hydrogen (secondary N) is 1. The standard InChI is InChI=1S/C11H15N3O3S/c15-10(16)8-2-5-14(7-8)11(17)13-3-1-9-12-4-6-18-9/h4,6,8H,1-3,5,7H2,(H,13,17)(H,15,16). The largest absolute Gasteiger partial charge is 0.481 e. The van der Waals surface area contributed by atoms with Crippen LogP contribution < -0.4 is 5.32 Å². The van der Waals surface area contributed by atoms with Gasteiger partial charge >= 0.3 is 12.0 Å². The number of aliphatic carboxylic acids is 1. The fourth-order valence-electron chi connectivity index (χ4n) is 1.91. The van der Waals surface area contributed by atoms with E-state index >= 15 is 0 Å². The van der Waals surface area contributed by atoms with Gasteiger partial charge in [0.25, 0.3) is 0 Å². The van der Waals surface area contributed by atoms with Crippen LogP contribution in [0.2, 0.25) is 0 Å². The Kier molecular flexibility index (Phi) is 4.14. The Morgan fingerprint density at radius 2 is 2.44 bits per heavy atom. The zero-order chi connectivity index (χ0) is 13.0. The lowest BCUT2D eigenvalue weighted by Gasteiger charge is -2.16. The number of urea groups is 1. The number of carboxylic acid groups (broad SMARTS) is 1. The van der Waals surface area contributed by atoms with Gasteiger partial charge in [0.1, 0.15) is 0 Å². The van der Waals surface area contributed by atoms with Crippen molar-refractivity contribution in [3.63, 3.8) is 0 Å². The molecule has 0 saturated carbocycles. The highest BCUT2D eigenvalue weighted by Gasteiger charge is 2.30. The molecule has 1 aromatic rings. The second-order valence-corrected chi connectivity index (χ2v) is 5.16. The van der Waals surface area contributed by atoms with Crippen LogP contribution in [0, 0.1) is 5.92 Å². The predicted octanol–water partition coefficient (Wildman–Crippen LogP) is 0.802. The van der Waals surface area contributed by atoms with Crippen molar-refractivity contribution in [3.8, 4) is 0 Å². The van der Waals surface area contributed by atoms with Crippen LogP contribution in [0.4, 0.5) is 4.79 Å². The number of amides is 2. The lowest BCUT2D eigenvalue weighted by Crippen LogP contribution is -2.39. The van der Waals surface area contributed by atoms with Crippen LogP contribution >= 0.6 is 11.3 Å². The molecule has 2 heterocycles. The molecular formula is C11H15N3O3S. The van der Waals surface area contributed by atoms with Gasteiger partial charge in [-0.25, -0.2) is 9.78 Å². The normalized spacial score (nSPS) is 18.9. The number of carbonyl (C=O) groups is 2. The third-order valence-electron chi connectivity index (χ3n) is 2.92. The first kappa shape index (κ1) is 12.8. The molecule has 0 radical (unpaired) electrons. The number of hydrogen-bond acceptors (Lipinski definition) is 4. The lowest BCUT2D eigenvalue weighted by molar-refractivity contribution is -0.141. The number of carboxylic acids is 1. The molecule has 1 aromatic heterocycles. The average molecular weight is 269 g/mol.